The van der Waals surface area contributed by atoms with Crippen molar-refractivity contribution in [2.45, 2.75) is 0 Å². The molecule has 0 bridgehead atoms. The molecule has 0 aliphatic heterocycles. The molecular formula is C18H13N3O. The van der Waals surface area contributed by atoms with Gasteiger partial charge in [-0.2, -0.15) is 5.26 Å². The third-order valence-electron chi connectivity index (χ3n) is 3.31. The number of carbonyl (C=O) groups excluding carboxylic acids is 1. The lowest BCUT2D eigenvalue weighted by Gasteiger charge is -2.10. The SMILES string of the molecule is N#Cc1ccc(NC(=O)Nc2cccc3ccccc23)cc1. The summed E-state index contributed by atoms with van der Waals surface area (Å²) in [7, 11) is 0. The third kappa shape index (κ3) is 2.89. The molecule has 2 N–H and O–H groups in total. The van der Waals surface area contributed by atoms with Gasteiger partial charge in [-0.25, -0.2) is 4.79 Å². The first-order valence-corrected chi connectivity index (χ1v) is 6.82. The highest BCUT2D eigenvalue weighted by molar-refractivity contribution is 6.06. The second-order valence-corrected chi connectivity index (χ2v) is 4.79. The van der Waals surface area contributed by atoms with Crippen LogP contribution in [0, 0.1) is 11.3 Å². The molecule has 22 heavy (non-hydrogen) atoms. The molecule has 0 spiro atoms. The van der Waals surface area contributed by atoms with Gasteiger partial charge in [0.05, 0.1) is 17.3 Å². The fraction of sp³-hybridized carbons (Fsp3) is 0. The van der Waals surface area contributed by atoms with Crippen molar-refractivity contribution >= 4 is 28.2 Å². The molecule has 0 radical (unpaired) electrons. The van der Waals surface area contributed by atoms with E-state index in [2.05, 4.69) is 10.6 Å². The Kier molecular flexibility index (Phi) is 3.71. The highest BCUT2D eigenvalue weighted by Crippen LogP contribution is 2.23. The van der Waals surface area contributed by atoms with Crippen molar-refractivity contribution in [3.8, 4) is 6.07 Å². The summed E-state index contributed by atoms with van der Waals surface area (Å²) in [5.74, 6) is 0. The molecule has 0 fully saturated rings. The lowest BCUT2D eigenvalue weighted by molar-refractivity contribution is 0.262. The largest absolute Gasteiger partial charge is 0.323 e. The van der Waals surface area contributed by atoms with Gasteiger partial charge in [0.2, 0.25) is 0 Å². The number of anilines is 2. The van der Waals surface area contributed by atoms with Gasteiger partial charge in [0, 0.05) is 11.1 Å². The average Bonchev–Trinajstić information content (AvgIpc) is 2.56. The van der Waals surface area contributed by atoms with Crippen LogP contribution in [0.5, 0.6) is 0 Å². The van der Waals surface area contributed by atoms with Crippen LogP contribution in [0.4, 0.5) is 16.2 Å². The Morgan fingerprint density at radius 2 is 1.59 bits per heavy atom. The van der Waals surface area contributed by atoms with Crippen LogP contribution in [0.3, 0.4) is 0 Å². The summed E-state index contributed by atoms with van der Waals surface area (Å²) in [4.78, 5) is 12.1. The number of hydrogen-bond donors (Lipinski definition) is 2. The van der Waals surface area contributed by atoms with Crippen molar-refractivity contribution in [3.05, 3.63) is 72.3 Å². The van der Waals surface area contributed by atoms with Crippen LogP contribution in [0.1, 0.15) is 5.56 Å². The Labute approximate surface area is 128 Å². The molecule has 0 aliphatic carbocycles. The summed E-state index contributed by atoms with van der Waals surface area (Å²) in [6.45, 7) is 0. The zero-order chi connectivity index (χ0) is 15.4. The van der Waals surface area contributed by atoms with Gasteiger partial charge in [0.15, 0.2) is 0 Å². The van der Waals surface area contributed by atoms with Gasteiger partial charge in [-0.15, -0.1) is 0 Å². The van der Waals surface area contributed by atoms with Gasteiger partial charge >= 0.3 is 6.03 Å². The Bertz CT molecular complexity index is 858. The highest BCUT2D eigenvalue weighted by atomic mass is 16.2. The molecule has 3 rings (SSSR count). The zero-order valence-electron chi connectivity index (χ0n) is 11.7. The van der Waals surface area contributed by atoms with Gasteiger partial charge in [0.25, 0.3) is 0 Å². The van der Waals surface area contributed by atoms with Gasteiger partial charge < -0.3 is 10.6 Å². The maximum atomic E-state index is 12.1. The van der Waals surface area contributed by atoms with Crippen molar-refractivity contribution in [3.63, 3.8) is 0 Å². The minimum atomic E-state index is -0.318. The number of urea groups is 1. The van der Waals surface area contributed by atoms with E-state index >= 15 is 0 Å². The number of nitrogens with zero attached hydrogens (tertiary/aromatic N) is 1. The minimum absolute atomic E-state index is 0.318. The molecule has 0 atom stereocenters. The highest BCUT2D eigenvalue weighted by Gasteiger charge is 2.05. The molecule has 4 heteroatoms. The van der Waals surface area contributed by atoms with Gasteiger partial charge in [-0.3, -0.25) is 0 Å². The van der Waals surface area contributed by atoms with Gasteiger partial charge in [0.1, 0.15) is 0 Å². The summed E-state index contributed by atoms with van der Waals surface area (Å²) in [6, 6.07) is 22.1. The van der Waals surface area contributed by atoms with E-state index in [0.717, 1.165) is 16.5 Å². The molecule has 0 saturated carbocycles. The molecule has 0 saturated heterocycles. The van der Waals surface area contributed by atoms with Crippen LogP contribution in [0.25, 0.3) is 10.8 Å². The molecule has 0 aromatic heterocycles. The predicted molar refractivity (Wildman–Crippen MR) is 87.7 cm³/mol. The van der Waals surface area contributed by atoms with Crippen LogP contribution >= 0.6 is 0 Å². The number of nitrogens with one attached hydrogen (secondary N) is 2. The van der Waals surface area contributed by atoms with Crippen molar-refractivity contribution in [2.24, 2.45) is 0 Å². The number of hydrogen-bond acceptors (Lipinski definition) is 2. The Hall–Kier alpha value is -3.32. The summed E-state index contributed by atoms with van der Waals surface area (Å²) < 4.78 is 0. The fourth-order valence-corrected chi connectivity index (χ4v) is 2.25. The summed E-state index contributed by atoms with van der Waals surface area (Å²) >= 11 is 0. The quantitative estimate of drug-likeness (QED) is 0.735. The van der Waals surface area contributed by atoms with E-state index in [4.69, 9.17) is 5.26 Å². The van der Waals surface area contributed by atoms with E-state index in [1.165, 1.54) is 0 Å². The van der Waals surface area contributed by atoms with Crippen LogP contribution in [-0.4, -0.2) is 6.03 Å². The van der Waals surface area contributed by atoms with Crippen LogP contribution in [0.2, 0.25) is 0 Å². The molecule has 0 unspecified atom stereocenters. The van der Waals surface area contributed by atoms with Crippen molar-refractivity contribution in [1.29, 1.82) is 5.26 Å². The van der Waals surface area contributed by atoms with Gasteiger partial charge in [-0.05, 0) is 35.7 Å². The molecule has 0 heterocycles. The average molecular weight is 287 g/mol. The fourth-order valence-electron chi connectivity index (χ4n) is 2.25. The van der Waals surface area contributed by atoms with Crippen LogP contribution in [0.15, 0.2) is 66.7 Å². The lowest BCUT2D eigenvalue weighted by atomic mass is 10.1. The number of nitriles is 1. The summed E-state index contributed by atoms with van der Waals surface area (Å²) in [5, 5.41) is 16.4. The first kappa shape index (κ1) is 13.7. The zero-order valence-corrected chi connectivity index (χ0v) is 11.7. The molecule has 3 aromatic carbocycles. The van der Waals surface area contributed by atoms with Crippen LogP contribution < -0.4 is 10.6 Å². The Morgan fingerprint density at radius 1 is 0.864 bits per heavy atom. The topological polar surface area (TPSA) is 64.9 Å². The van der Waals surface area contributed by atoms with E-state index in [1.54, 1.807) is 24.3 Å². The minimum Gasteiger partial charge on any atom is -0.308 e. The lowest BCUT2D eigenvalue weighted by Crippen LogP contribution is -2.19. The first-order chi connectivity index (χ1) is 10.8. The van der Waals surface area contributed by atoms with Crippen molar-refractivity contribution < 1.29 is 4.79 Å². The number of benzene rings is 3. The summed E-state index contributed by atoms with van der Waals surface area (Å²) in [6.07, 6.45) is 0. The third-order valence-corrected chi connectivity index (χ3v) is 3.31. The van der Waals surface area contributed by atoms with Gasteiger partial charge in [-0.1, -0.05) is 36.4 Å². The smallest absolute Gasteiger partial charge is 0.308 e. The number of fused-ring (bicyclic) bond motifs is 1. The van der Waals surface area contributed by atoms with E-state index in [0.29, 0.717) is 11.3 Å². The molecular weight excluding hydrogens is 274 g/mol. The number of amides is 2. The van der Waals surface area contributed by atoms with Crippen molar-refractivity contribution in [2.75, 3.05) is 10.6 Å². The normalized spacial score (nSPS) is 9.95. The molecule has 4 nitrogen and oxygen atoms in total. The number of rotatable bonds is 2. The maximum Gasteiger partial charge on any atom is 0.323 e. The van der Waals surface area contributed by atoms with Crippen molar-refractivity contribution in [1.82, 2.24) is 0 Å². The molecule has 2 amide bonds. The Balaban J connectivity index is 1.77. The second-order valence-electron chi connectivity index (χ2n) is 4.79. The van der Waals surface area contributed by atoms with E-state index in [1.807, 2.05) is 48.5 Å². The van der Waals surface area contributed by atoms with E-state index in [-0.39, 0.29) is 6.03 Å². The monoisotopic (exact) mass is 287 g/mol. The predicted octanol–water partition coefficient (Wildman–Crippen LogP) is 4.36. The standard InChI is InChI=1S/C18H13N3O/c19-12-13-8-10-15(11-9-13)20-18(22)21-17-7-3-5-14-4-1-2-6-16(14)17/h1-11H,(H2,20,21,22). The molecule has 3 aromatic rings. The molecule has 0 aliphatic rings. The molecule has 106 valence electrons. The first-order valence-electron chi connectivity index (χ1n) is 6.82. The second kappa shape index (κ2) is 5.98. The van der Waals surface area contributed by atoms with E-state index < -0.39 is 0 Å². The van der Waals surface area contributed by atoms with E-state index in [9.17, 15) is 4.79 Å². The summed E-state index contributed by atoms with van der Waals surface area (Å²) in [5.41, 5.74) is 1.95. The maximum absolute atomic E-state index is 12.1. The number of carbonyl (C=O) groups is 1. The van der Waals surface area contributed by atoms with Crippen LogP contribution in [-0.2, 0) is 0 Å². The Morgan fingerprint density at radius 3 is 2.36 bits per heavy atom.